The fraction of sp³-hybridized carbons (Fsp3) is 0.143. The molecular weight excluding hydrogens is 262 g/mol. The summed E-state index contributed by atoms with van der Waals surface area (Å²) >= 11 is 1.71. The molecule has 0 unspecified atom stereocenters. The molecule has 1 aromatic heterocycles. The number of carbonyl (C=O) groups is 1. The van der Waals surface area contributed by atoms with Gasteiger partial charge in [-0.3, -0.25) is 4.79 Å². The van der Waals surface area contributed by atoms with Gasteiger partial charge < -0.3 is 10.1 Å². The maximum absolute atomic E-state index is 11.8. The average Bonchev–Trinajstić information content (AvgIpc) is 2.40. The van der Waals surface area contributed by atoms with Crippen molar-refractivity contribution in [1.29, 1.82) is 0 Å². The van der Waals surface area contributed by atoms with Crippen LogP contribution in [0.1, 0.15) is 17.3 Å². The standard InChI is InChI=1S/C14H13NO3S/c1-2-19-11-5-3-9(4-6-11)12-7-10(14(17)18)8-15-13(12)16/h3-8H,2H2,1H3,(H,15,16)(H,17,18). The Morgan fingerprint density at radius 3 is 2.58 bits per heavy atom. The van der Waals surface area contributed by atoms with E-state index >= 15 is 0 Å². The molecule has 5 heteroatoms. The minimum absolute atomic E-state index is 0.0709. The van der Waals surface area contributed by atoms with Crippen LogP contribution in [-0.2, 0) is 0 Å². The van der Waals surface area contributed by atoms with Crippen molar-refractivity contribution in [3.8, 4) is 11.1 Å². The number of nitrogens with one attached hydrogen (secondary N) is 1. The number of aromatic carboxylic acids is 1. The second kappa shape index (κ2) is 5.75. The molecular formula is C14H13NO3S. The first kappa shape index (κ1) is 13.4. The Labute approximate surface area is 114 Å². The molecule has 0 radical (unpaired) electrons. The SMILES string of the molecule is CCSc1ccc(-c2cc(C(=O)O)c[nH]c2=O)cc1. The lowest BCUT2D eigenvalue weighted by Gasteiger charge is -2.04. The number of aromatic amines is 1. The summed E-state index contributed by atoms with van der Waals surface area (Å²) in [7, 11) is 0. The second-order valence-corrected chi connectivity index (χ2v) is 5.23. The number of H-pyrrole nitrogens is 1. The first-order valence-corrected chi connectivity index (χ1v) is 6.79. The minimum Gasteiger partial charge on any atom is -0.478 e. The van der Waals surface area contributed by atoms with Crippen LogP contribution in [0.3, 0.4) is 0 Å². The highest BCUT2D eigenvalue weighted by molar-refractivity contribution is 7.99. The second-order valence-electron chi connectivity index (χ2n) is 3.89. The summed E-state index contributed by atoms with van der Waals surface area (Å²) in [6.07, 6.45) is 1.20. The molecule has 98 valence electrons. The molecule has 0 fully saturated rings. The van der Waals surface area contributed by atoms with E-state index in [0.717, 1.165) is 10.6 Å². The van der Waals surface area contributed by atoms with Crippen LogP contribution in [0.15, 0.2) is 46.2 Å². The number of thioether (sulfide) groups is 1. The lowest BCUT2D eigenvalue weighted by atomic mass is 10.1. The quantitative estimate of drug-likeness (QED) is 0.842. The van der Waals surface area contributed by atoms with Crippen molar-refractivity contribution in [2.24, 2.45) is 0 Å². The Bertz CT molecular complexity index is 646. The summed E-state index contributed by atoms with van der Waals surface area (Å²) in [5.41, 5.74) is 0.861. The van der Waals surface area contributed by atoms with Gasteiger partial charge in [-0.25, -0.2) is 4.79 Å². The van der Waals surface area contributed by atoms with Gasteiger partial charge in [-0.15, -0.1) is 11.8 Å². The first-order chi connectivity index (χ1) is 9.11. The molecule has 0 aliphatic rings. The number of hydrogen-bond acceptors (Lipinski definition) is 3. The van der Waals surface area contributed by atoms with Crippen LogP contribution in [0.5, 0.6) is 0 Å². The summed E-state index contributed by atoms with van der Waals surface area (Å²) in [4.78, 5) is 26.2. The number of carboxylic acids is 1. The predicted octanol–water partition coefficient (Wildman–Crippen LogP) is 2.85. The molecule has 0 bridgehead atoms. The maximum atomic E-state index is 11.8. The van der Waals surface area contributed by atoms with Gasteiger partial charge in [0.1, 0.15) is 0 Å². The van der Waals surface area contributed by atoms with E-state index in [2.05, 4.69) is 11.9 Å². The van der Waals surface area contributed by atoms with Crippen LogP contribution in [0, 0.1) is 0 Å². The third kappa shape index (κ3) is 3.06. The van der Waals surface area contributed by atoms with E-state index in [4.69, 9.17) is 5.11 Å². The van der Waals surface area contributed by atoms with Crippen molar-refractivity contribution in [3.05, 3.63) is 52.4 Å². The lowest BCUT2D eigenvalue weighted by molar-refractivity contribution is 0.0696. The summed E-state index contributed by atoms with van der Waals surface area (Å²) in [6.45, 7) is 2.07. The molecule has 0 saturated carbocycles. The van der Waals surface area contributed by atoms with Gasteiger partial charge in [0.05, 0.1) is 5.56 Å². The van der Waals surface area contributed by atoms with E-state index in [-0.39, 0.29) is 11.1 Å². The summed E-state index contributed by atoms with van der Waals surface area (Å²) < 4.78 is 0. The molecule has 4 nitrogen and oxygen atoms in total. The fourth-order valence-electron chi connectivity index (χ4n) is 1.72. The van der Waals surface area contributed by atoms with Gasteiger partial charge in [0, 0.05) is 16.7 Å². The van der Waals surface area contributed by atoms with Crippen molar-refractivity contribution >= 4 is 17.7 Å². The number of hydrogen-bond donors (Lipinski definition) is 2. The summed E-state index contributed by atoms with van der Waals surface area (Å²) in [6, 6.07) is 8.90. The van der Waals surface area contributed by atoms with E-state index < -0.39 is 5.97 Å². The summed E-state index contributed by atoms with van der Waals surface area (Å²) in [5.74, 6) is -0.0790. The van der Waals surface area contributed by atoms with Gasteiger partial charge in [-0.2, -0.15) is 0 Å². The number of rotatable bonds is 4. The third-order valence-electron chi connectivity index (χ3n) is 2.63. The first-order valence-electron chi connectivity index (χ1n) is 5.81. The number of carboxylic acid groups (broad SMARTS) is 1. The van der Waals surface area contributed by atoms with Crippen molar-refractivity contribution in [3.63, 3.8) is 0 Å². The topological polar surface area (TPSA) is 70.2 Å². The molecule has 0 spiro atoms. The normalized spacial score (nSPS) is 10.4. The van der Waals surface area contributed by atoms with Gasteiger partial charge in [0.25, 0.3) is 5.56 Å². The maximum Gasteiger partial charge on any atom is 0.337 e. The van der Waals surface area contributed by atoms with Crippen LogP contribution in [0.25, 0.3) is 11.1 Å². The zero-order valence-corrected chi connectivity index (χ0v) is 11.2. The van der Waals surface area contributed by atoms with Gasteiger partial charge in [0.15, 0.2) is 0 Å². The Morgan fingerprint density at radius 2 is 2.00 bits per heavy atom. The fourth-order valence-corrected chi connectivity index (χ4v) is 2.38. The Kier molecular flexibility index (Phi) is 4.06. The van der Waals surface area contributed by atoms with E-state index in [1.807, 2.05) is 24.3 Å². The highest BCUT2D eigenvalue weighted by atomic mass is 32.2. The van der Waals surface area contributed by atoms with E-state index in [0.29, 0.717) is 11.1 Å². The van der Waals surface area contributed by atoms with Crippen molar-refractivity contribution in [2.45, 2.75) is 11.8 Å². The van der Waals surface area contributed by atoms with Gasteiger partial charge in [0.2, 0.25) is 0 Å². The molecule has 2 N–H and O–H groups in total. The largest absolute Gasteiger partial charge is 0.478 e. The highest BCUT2D eigenvalue weighted by Gasteiger charge is 2.09. The van der Waals surface area contributed by atoms with Crippen molar-refractivity contribution in [1.82, 2.24) is 4.98 Å². The minimum atomic E-state index is -1.06. The molecule has 1 aromatic carbocycles. The summed E-state index contributed by atoms with van der Waals surface area (Å²) in [5, 5.41) is 8.94. The Morgan fingerprint density at radius 1 is 1.32 bits per heavy atom. The zero-order chi connectivity index (χ0) is 13.8. The van der Waals surface area contributed by atoms with Crippen molar-refractivity contribution in [2.75, 3.05) is 5.75 Å². The predicted molar refractivity (Wildman–Crippen MR) is 75.9 cm³/mol. The van der Waals surface area contributed by atoms with Crippen LogP contribution in [0.4, 0.5) is 0 Å². The number of aromatic nitrogens is 1. The number of benzene rings is 1. The lowest BCUT2D eigenvalue weighted by Crippen LogP contribution is -2.11. The molecule has 19 heavy (non-hydrogen) atoms. The van der Waals surface area contributed by atoms with Crippen LogP contribution in [0.2, 0.25) is 0 Å². The highest BCUT2D eigenvalue weighted by Crippen LogP contribution is 2.22. The molecule has 0 aliphatic heterocycles. The third-order valence-corrected chi connectivity index (χ3v) is 3.52. The zero-order valence-electron chi connectivity index (χ0n) is 10.3. The molecule has 2 aromatic rings. The van der Waals surface area contributed by atoms with E-state index in [9.17, 15) is 9.59 Å². The van der Waals surface area contributed by atoms with Gasteiger partial charge in [-0.05, 0) is 29.5 Å². The van der Waals surface area contributed by atoms with E-state index in [1.165, 1.54) is 12.3 Å². The molecule has 1 heterocycles. The van der Waals surface area contributed by atoms with Crippen LogP contribution in [-0.4, -0.2) is 21.8 Å². The van der Waals surface area contributed by atoms with Crippen molar-refractivity contribution < 1.29 is 9.90 Å². The van der Waals surface area contributed by atoms with Gasteiger partial charge in [-0.1, -0.05) is 19.1 Å². The molecule has 0 amide bonds. The van der Waals surface area contributed by atoms with Crippen LogP contribution >= 0.6 is 11.8 Å². The molecule has 0 aliphatic carbocycles. The molecule has 2 rings (SSSR count). The smallest absolute Gasteiger partial charge is 0.337 e. The molecule has 0 saturated heterocycles. The molecule has 0 atom stereocenters. The Balaban J connectivity index is 2.43. The average molecular weight is 275 g/mol. The van der Waals surface area contributed by atoms with Crippen LogP contribution < -0.4 is 5.56 Å². The number of pyridine rings is 1. The van der Waals surface area contributed by atoms with Gasteiger partial charge >= 0.3 is 5.97 Å². The monoisotopic (exact) mass is 275 g/mol. The van der Waals surface area contributed by atoms with E-state index in [1.54, 1.807) is 11.8 Å². The Hall–Kier alpha value is -2.01.